The first-order chi connectivity index (χ1) is 16.1. The Balaban J connectivity index is 1.49. The lowest BCUT2D eigenvalue weighted by molar-refractivity contribution is 0.284. The van der Waals surface area contributed by atoms with Gasteiger partial charge in [-0.1, -0.05) is 60.2 Å². The van der Waals surface area contributed by atoms with Crippen LogP contribution in [0.15, 0.2) is 77.9 Å². The van der Waals surface area contributed by atoms with Crippen LogP contribution in [0.3, 0.4) is 0 Å². The molecule has 0 saturated carbocycles. The Labute approximate surface area is 198 Å². The molecule has 4 rings (SSSR count). The molecule has 0 aliphatic rings. The first-order valence-electron chi connectivity index (χ1n) is 10.7. The number of nitrogens with one attached hydrogen (secondary N) is 1. The highest BCUT2D eigenvalue weighted by atomic mass is 32.1. The van der Waals surface area contributed by atoms with E-state index in [1.54, 1.807) is 18.0 Å². The predicted molar refractivity (Wildman–Crippen MR) is 133 cm³/mol. The number of hydrogen-bond acceptors (Lipinski definition) is 5. The van der Waals surface area contributed by atoms with Gasteiger partial charge in [0.05, 0.1) is 13.3 Å². The third-order valence-corrected chi connectivity index (χ3v) is 5.49. The molecular weight excluding hydrogens is 432 g/mol. The number of nitrogens with zero attached hydrogens (tertiary/aromatic N) is 3. The van der Waals surface area contributed by atoms with Crippen LogP contribution in [0.5, 0.6) is 11.5 Å². The molecule has 0 amide bonds. The first-order valence-corrected chi connectivity index (χ1v) is 11.1. The van der Waals surface area contributed by atoms with E-state index in [1.165, 1.54) is 11.1 Å². The zero-order valence-electron chi connectivity index (χ0n) is 18.7. The van der Waals surface area contributed by atoms with Crippen LogP contribution in [0, 0.1) is 11.7 Å². The summed E-state index contributed by atoms with van der Waals surface area (Å²) in [5.74, 6) is 2.11. The molecule has 1 heterocycles. The summed E-state index contributed by atoms with van der Waals surface area (Å²) < 4.78 is 13.6. The minimum Gasteiger partial charge on any atom is -0.493 e. The topological polar surface area (TPSA) is 64.4 Å². The maximum atomic E-state index is 6.03. The molecule has 0 atom stereocenters. The van der Waals surface area contributed by atoms with Crippen molar-refractivity contribution in [1.82, 2.24) is 14.9 Å². The monoisotopic (exact) mass is 458 g/mol. The Hall–Kier alpha value is -3.71. The average molecular weight is 459 g/mol. The van der Waals surface area contributed by atoms with Gasteiger partial charge in [-0.05, 0) is 60.5 Å². The van der Waals surface area contributed by atoms with Gasteiger partial charge in [-0.25, -0.2) is 0 Å². The maximum Gasteiger partial charge on any atom is 0.216 e. The number of H-pyrrole nitrogens is 1. The number of aromatic nitrogens is 3. The highest BCUT2D eigenvalue weighted by Gasteiger charge is 2.08. The number of aryl methyl sites for hydroxylation is 3. The Morgan fingerprint density at radius 2 is 1.76 bits per heavy atom. The molecule has 7 heteroatoms. The lowest BCUT2D eigenvalue weighted by Crippen LogP contribution is -2.02. The summed E-state index contributed by atoms with van der Waals surface area (Å²) in [6, 6.07) is 24.3. The van der Waals surface area contributed by atoms with Crippen molar-refractivity contribution in [1.29, 1.82) is 0 Å². The number of hydrogen-bond donors (Lipinski definition) is 1. The largest absolute Gasteiger partial charge is 0.493 e. The third-order valence-electron chi connectivity index (χ3n) is 5.22. The van der Waals surface area contributed by atoms with E-state index in [2.05, 4.69) is 58.6 Å². The SMILES string of the molecule is COc1ccc(/C=N\n2c(CCc3ccccc3)n[nH]c2=S)cc1OCc1ccc(C)cc1. The third kappa shape index (κ3) is 5.96. The molecule has 4 aromatic rings. The van der Waals surface area contributed by atoms with Crippen molar-refractivity contribution in [3.63, 3.8) is 0 Å². The van der Waals surface area contributed by atoms with Gasteiger partial charge in [-0.15, -0.1) is 0 Å². The van der Waals surface area contributed by atoms with Crippen molar-refractivity contribution in [3.8, 4) is 11.5 Å². The normalized spacial score (nSPS) is 11.1. The number of rotatable bonds is 9. The minimum absolute atomic E-state index is 0.452. The van der Waals surface area contributed by atoms with E-state index in [-0.39, 0.29) is 0 Å². The smallest absolute Gasteiger partial charge is 0.216 e. The number of ether oxygens (including phenoxy) is 2. The van der Waals surface area contributed by atoms with Gasteiger partial charge in [0.2, 0.25) is 4.77 Å². The van der Waals surface area contributed by atoms with E-state index in [1.807, 2.05) is 36.4 Å². The summed E-state index contributed by atoms with van der Waals surface area (Å²) in [5.41, 5.74) is 4.42. The van der Waals surface area contributed by atoms with Gasteiger partial charge in [0, 0.05) is 6.42 Å². The van der Waals surface area contributed by atoms with E-state index < -0.39 is 0 Å². The summed E-state index contributed by atoms with van der Waals surface area (Å²) >= 11 is 5.38. The second-order valence-corrected chi connectivity index (χ2v) is 8.06. The van der Waals surface area contributed by atoms with E-state index in [0.717, 1.165) is 29.8 Å². The van der Waals surface area contributed by atoms with E-state index in [9.17, 15) is 0 Å². The van der Waals surface area contributed by atoms with Gasteiger partial charge >= 0.3 is 0 Å². The Morgan fingerprint density at radius 3 is 2.52 bits per heavy atom. The lowest BCUT2D eigenvalue weighted by atomic mass is 10.1. The zero-order valence-corrected chi connectivity index (χ0v) is 19.5. The van der Waals surface area contributed by atoms with Crippen LogP contribution in [-0.2, 0) is 19.4 Å². The first kappa shape index (κ1) is 22.5. The number of benzene rings is 3. The molecule has 0 spiro atoms. The summed E-state index contributed by atoms with van der Waals surface area (Å²) in [6.07, 6.45) is 3.33. The van der Waals surface area contributed by atoms with Gasteiger partial charge in [-0.3, -0.25) is 5.10 Å². The lowest BCUT2D eigenvalue weighted by Gasteiger charge is -2.11. The molecule has 0 bridgehead atoms. The molecular formula is C26H26N4O2S. The highest BCUT2D eigenvalue weighted by Crippen LogP contribution is 2.28. The van der Waals surface area contributed by atoms with Crippen molar-refractivity contribution in [2.45, 2.75) is 26.4 Å². The summed E-state index contributed by atoms with van der Waals surface area (Å²) in [4.78, 5) is 0. The fourth-order valence-corrected chi connectivity index (χ4v) is 3.56. The van der Waals surface area contributed by atoms with E-state index in [4.69, 9.17) is 21.7 Å². The van der Waals surface area contributed by atoms with Gasteiger partial charge in [-0.2, -0.15) is 14.9 Å². The second-order valence-electron chi connectivity index (χ2n) is 7.67. The molecule has 0 unspecified atom stereocenters. The van der Waals surface area contributed by atoms with Gasteiger partial charge in [0.15, 0.2) is 17.3 Å². The fraction of sp³-hybridized carbons (Fsp3) is 0.192. The molecule has 0 aliphatic carbocycles. The minimum atomic E-state index is 0.452. The summed E-state index contributed by atoms with van der Waals surface area (Å²) in [7, 11) is 1.63. The van der Waals surface area contributed by atoms with Crippen molar-refractivity contribution >= 4 is 18.4 Å². The predicted octanol–water partition coefficient (Wildman–Crippen LogP) is 5.50. The van der Waals surface area contributed by atoms with Gasteiger partial charge < -0.3 is 9.47 Å². The number of aromatic amines is 1. The molecule has 33 heavy (non-hydrogen) atoms. The van der Waals surface area contributed by atoms with Crippen LogP contribution >= 0.6 is 12.2 Å². The molecule has 168 valence electrons. The number of methoxy groups -OCH3 is 1. The summed E-state index contributed by atoms with van der Waals surface area (Å²) in [5, 5.41) is 11.8. The molecule has 0 saturated heterocycles. The average Bonchev–Trinajstić information content (AvgIpc) is 3.20. The molecule has 0 aliphatic heterocycles. The van der Waals surface area contributed by atoms with Gasteiger partial charge in [0.25, 0.3) is 0 Å². The quantitative estimate of drug-likeness (QED) is 0.266. The van der Waals surface area contributed by atoms with Crippen LogP contribution in [0.25, 0.3) is 0 Å². The molecule has 1 aromatic heterocycles. The van der Waals surface area contributed by atoms with Crippen LogP contribution in [-0.4, -0.2) is 28.2 Å². The molecule has 6 nitrogen and oxygen atoms in total. The Bertz CT molecular complexity index is 1280. The van der Waals surface area contributed by atoms with E-state index >= 15 is 0 Å². The van der Waals surface area contributed by atoms with Gasteiger partial charge in [0.1, 0.15) is 6.61 Å². The molecule has 1 N–H and O–H groups in total. The standard InChI is InChI=1S/C26H26N4O2S/c1-19-8-10-21(11-9-19)18-32-24-16-22(12-14-23(24)31-2)17-27-30-25(28-29-26(30)33)15-13-20-6-4-3-5-7-20/h3-12,14,16-17H,13,15,18H2,1-2H3,(H,29,33)/b27-17-. The van der Waals surface area contributed by atoms with Crippen LogP contribution < -0.4 is 9.47 Å². The van der Waals surface area contributed by atoms with E-state index in [0.29, 0.717) is 22.9 Å². The maximum absolute atomic E-state index is 6.03. The van der Waals surface area contributed by atoms with Crippen LogP contribution in [0.2, 0.25) is 0 Å². The van der Waals surface area contributed by atoms with Crippen molar-refractivity contribution in [2.24, 2.45) is 5.10 Å². The Morgan fingerprint density at radius 1 is 0.970 bits per heavy atom. The fourth-order valence-electron chi connectivity index (χ4n) is 3.36. The van der Waals surface area contributed by atoms with Crippen molar-refractivity contribution in [2.75, 3.05) is 7.11 Å². The van der Waals surface area contributed by atoms with Crippen molar-refractivity contribution < 1.29 is 9.47 Å². The second kappa shape index (κ2) is 10.7. The molecule has 0 fully saturated rings. The highest BCUT2D eigenvalue weighted by molar-refractivity contribution is 7.71. The summed E-state index contributed by atoms with van der Waals surface area (Å²) in [6.45, 7) is 2.52. The van der Waals surface area contributed by atoms with Crippen LogP contribution in [0.1, 0.15) is 28.1 Å². The van der Waals surface area contributed by atoms with Crippen molar-refractivity contribution in [3.05, 3.63) is 106 Å². The van der Waals surface area contributed by atoms with Crippen LogP contribution in [0.4, 0.5) is 0 Å². The zero-order chi connectivity index (χ0) is 23.0. The Kier molecular flexibility index (Phi) is 7.32. The molecule has 3 aromatic carbocycles. The molecule has 0 radical (unpaired) electrons.